The monoisotopic (exact) mass is 347 g/mol. The zero-order chi connectivity index (χ0) is 15.4. The maximum Gasteiger partial charge on any atom is 0.257 e. The van der Waals surface area contributed by atoms with Crippen LogP contribution in [0.1, 0.15) is 29.8 Å². The molecule has 0 aliphatic carbocycles. The SMILES string of the molecule is Cc1cc(NC(=O)c2ccccc2NC(C)C)cnc1Br. The molecule has 0 saturated heterocycles. The summed E-state index contributed by atoms with van der Waals surface area (Å²) in [5, 5.41) is 6.15. The molecule has 0 fully saturated rings. The normalized spacial score (nSPS) is 10.5. The maximum atomic E-state index is 12.4. The Kier molecular flexibility index (Phi) is 4.96. The fraction of sp³-hybridized carbons (Fsp3) is 0.250. The first-order chi connectivity index (χ1) is 9.97. The number of anilines is 2. The van der Waals surface area contributed by atoms with E-state index in [9.17, 15) is 4.79 Å². The molecule has 0 unspecified atom stereocenters. The summed E-state index contributed by atoms with van der Waals surface area (Å²) in [5.74, 6) is -0.151. The second kappa shape index (κ2) is 6.72. The van der Waals surface area contributed by atoms with Gasteiger partial charge in [0.1, 0.15) is 4.60 Å². The van der Waals surface area contributed by atoms with E-state index in [1.54, 1.807) is 12.3 Å². The minimum atomic E-state index is -0.151. The fourth-order valence-corrected chi connectivity index (χ4v) is 2.16. The number of amides is 1. The van der Waals surface area contributed by atoms with Gasteiger partial charge in [0.05, 0.1) is 17.4 Å². The number of pyridine rings is 1. The van der Waals surface area contributed by atoms with Crippen LogP contribution in [0.15, 0.2) is 41.1 Å². The zero-order valence-electron chi connectivity index (χ0n) is 12.3. The Morgan fingerprint density at radius 3 is 2.67 bits per heavy atom. The van der Waals surface area contributed by atoms with Crippen LogP contribution in [0.25, 0.3) is 0 Å². The molecular formula is C16H18BrN3O. The van der Waals surface area contributed by atoms with Gasteiger partial charge in [-0.1, -0.05) is 12.1 Å². The number of aromatic nitrogens is 1. The molecular weight excluding hydrogens is 330 g/mol. The molecule has 0 saturated carbocycles. The third kappa shape index (κ3) is 4.04. The van der Waals surface area contributed by atoms with Gasteiger partial charge in [-0.25, -0.2) is 4.98 Å². The van der Waals surface area contributed by atoms with E-state index in [1.165, 1.54) is 0 Å². The number of hydrogen-bond donors (Lipinski definition) is 2. The summed E-state index contributed by atoms with van der Waals surface area (Å²) in [4.78, 5) is 16.6. The van der Waals surface area contributed by atoms with E-state index in [2.05, 4.69) is 31.5 Å². The van der Waals surface area contributed by atoms with Crippen LogP contribution in [0.3, 0.4) is 0 Å². The lowest BCUT2D eigenvalue weighted by molar-refractivity contribution is 0.102. The van der Waals surface area contributed by atoms with Gasteiger partial charge in [-0.05, 0) is 60.5 Å². The third-order valence-electron chi connectivity index (χ3n) is 2.89. The van der Waals surface area contributed by atoms with Crippen molar-refractivity contribution in [1.82, 2.24) is 4.98 Å². The van der Waals surface area contributed by atoms with Crippen molar-refractivity contribution in [1.29, 1.82) is 0 Å². The van der Waals surface area contributed by atoms with Gasteiger partial charge in [0.2, 0.25) is 0 Å². The molecule has 1 amide bonds. The van der Waals surface area contributed by atoms with Gasteiger partial charge in [-0.3, -0.25) is 4.79 Å². The Labute approximate surface area is 133 Å². The molecule has 4 nitrogen and oxygen atoms in total. The van der Waals surface area contributed by atoms with Crippen molar-refractivity contribution in [3.8, 4) is 0 Å². The molecule has 110 valence electrons. The van der Waals surface area contributed by atoms with Crippen molar-refractivity contribution in [2.75, 3.05) is 10.6 Å². The number of hydrogen-bond acceptors (Lipinski definition) is 3. The number of rotatable bonds is 4. The van der Waals surface area contributed by atoms with Crippen LogP contribution in [0.2, 0.25) is 0 Å². The third-order valence-corrected chi connectivity index (χ3v) is 3.72. The number of nitrogens with zero attached hydrogens (tertiary/aromatic N) is 1. The highest BCUT2D eigenvalue weighted by atomic mass is 79.9. The molecule has 0 radical (unpaired) electrons. The van der Waals surface area contributed by atoms with Crippen LogP contribution in [-0.4, -0.2) is 16.9 Å². The molecule has 0 bridgehead atoms. The number of nitrogens with one attached hydrogen (secondary N) is 2. The lowest BCUT2D eigenvalue weighted by atomic mass is 10.1. The van der Waals surface area contributed by atoms with Crippen LogP contribution >= 0.6 is 15.9 Å². The molecule has 2 aromatic rings. The van der Waals surface area contributed by atoms with Gasteiger partial charge in [0.25, 0.3) is 5.91 Å². The van der Waals surface area contributed by atoms with Gasteiger partial charge in [-0.2, -0.15) is 0 Å². The number of carbonyl (C=O) groups is 1. The zero-order valence-corrected chi connectivity index (χ0v) is 13.9. The van der Waals surface area contributed by atoms with Crippen molar-refractivity contribution >= 4 is 33.2 Å². The molecule has 0 aliphatic heterocycles. The number of para-hydroxylation sites is 1. The summed E-state index contributed by atoms with van der Waals surface area (Å²) in [7, 11) is 0. The Hall–Kier alpha value is -1.88. The van der Waals surface area contributed by atoms with Crippen LogP contribution < -0.4 is 10.6 Å². The van der Waals surface area contributed by atoms with Gasteiger partial charge >= 0.3 is 0 Å². The highest BCUT2D eigenvalue weighted by molar-refractivity contribution is 9.10. The average Bonchev–Trinajstić information content (AvgIpc) is 2.43. The quantitative estimate of drug-likeness (QED) is 0.814. The summed E-state index contributed by atoms with van der Waals surface area (Å²) in [6, 6.07) is 9.61. The van der Waals surface area contributed by atoms with Crippen molar-refractivity contribution < 1.29 is 4.79 Å². The molecule has 2 N–H and O–H groups in total. The summed E-state index contributed by atoms with van der Waals surface area (Å²) in [5.41, 5.74) is 3.10. The molecule has 1 heterocycles. The van der Waals surface area contributed by atoms with Gasteiger partial charge in [0.15, 0.2) is 0 Å². The van der Waals surface area contributed by atoms with Gasteiger partial charge < -0.3 is 10.6 Å². The number of aryl methyl sites for hydroxylation is 1. The number of benzene rings is 1. The minimum absolute atomic E-state index is 0.151. The van der Waals surface area contributed by atoms with E-state index in [0.29, 0.717) is 11.3 Å². The van der Waals surface area contributed by atoms with Crippen LogP contribution in [0.5, 0.6) is 0 Å². The van der Waals surface area contributed by atoms with Crippen LogP contribution in [0.4, 0.5) is 11.4 Å². The Balaban J connectivity index is 2.22. The molecule has 0 atom stereocenters. The second-order valence-electron chi connectivity index (χ2n) is 5.13. The van der Waals surface area contributed by atoms with Crippen LogP contribution in [-0.2, 0) is 0 Å². The predicted octanol–water partition coefficient (Wildman–Crippen LogP) is 4.23. The first kappa shape index (κ1) is 15.5. The van der Waals surface area contributed by atoms with Crippen molar-refractivity contribution in [2.24, 2.45) is 0 Å². The van der Waals surface area contributed by atoms with E-state index < -0.39 is 0 Å². The first-order valence-corrected chi connectivity index (χ1v) is 7.55. The lowest BCUT2D eigenvalue weighted by Crippen LogP contribution is -2.17. The summed E-state index contributed by atoms with van der Waals surface area (Å²) >= 11 is 3.35. The first-order valence-electron chi connectivity index (χ1n) is 6.76. The Bertz CT molecular complexity index is 656. The fourth-order valence-electron chi connectivity index (χ4n) is 1.94. The standard InChI is InChI=1S/C16H18BrN3O/c1-10(2)19-14-7-5-4-6-13(14)16(21)20-12-8-11(3)15(17)18-9-12/h4-10,19H,1-3H3,(H,20,21). The van der Waals surface area contributed by atoms with E-state index in [0.717, 1.165) is 15.9 Å². The molecule has 21 heavy (non-hydrogen) atoms. The highest BCUT2D eigenvalue weighted by Crippen LogP contribution is 2.20. The van der Waals surface area contributed by atoms with E-state index in [-0.39, 0.29) is 11.9 Å². The van der Waals surface area contributed by atoms with Gasteiger partial charge in [-0.15, -0.1) is 0 Å². The topological polar surface area (TPSA) is 54.0 Å². The molecule has 0 spiro atoms. The number of halogens is 1. The minimum Gasteiger partial charge on any atom is -0.382 e. The largest absolute Gasteiger partial charge is 0.382 e. The van der Waals surface area contributed by atoms with Crippen LogP contribution in [0, 0.1) is 6.92 Å². The van der Waals surface area contributed by atoms with Crippen molar-refractivity contribution in [3.63, 3.8) is 0 Å². The predicted molar refractivity (Wildman–Crippen MR) is 89.8 cm³/mol. The van der Waals surface area contributed by atoms with Crippen molar-refractivity contribution in [2.45, 2.75) is 26.8 Å². The van der Waals surface area contributed by atoms with E-state index in [4.69, 9.17) is 0 Å². The molecule has 1 aromatic heterocycles. The molecule has 0 aliphatic rings. The Morgan fingerprint density at radius 2 is 2.00 bits per heavy atom. The number of carbonyl (C=O) groups excluding carboxylic acids is 1. The molecule has 2 rings (SSSR count). The lowest BCUT2D eigenvalue weighted by Gasteiger charge is -2.14. The smallest absolute Gasteiger partial charge is 0.257 e. The highest BCUT2D eigenvalue weighted by Gasteiger charge is 2.12. The molecule has 5 heteroatoms. The van der Waals surface area contributed by atoms with Crippen molar-refractivity contribution in [3.05, 3.63) is 52.3 Å². The van der Waals surface area contributed by atoms with E-state index >= 15 is 0 Å². The maximum absolute atomic E-state index is 12.4. The Morgan fingerprint density at radius 1 is 1.29 bits per heavy atom. The second-order valence-corrected chi connectivity index (χ2v) is 5.88. The molecule has 1 aromatic carbocycles. The van der Waals surface area contributed by atoms with E-state index in [1.807, 2.05) is 45.0 Å². The average molecular weight is 348 g/mol. The van der Waals surface area contributed by atoms with Gasteiger partial charge in [0, 0.05) is 11.7 Å². The summed E-state index contributed by atoms with van der Waals surface area (Å²) < 4.78 is 0.780. The summed E-state index contributed by atoms with van der Waals surface area (Å²) in [6.07, 6.45) is 1.63. The summed E-state index contributed by atoms with van der Waals surface area (Å²) in [6.45, 7) is 6.01.